The first kappa shape index (κ1) is 13.6. The average Bonchev–Trinajstić information content (AvgIpc) is 2.21. The molecule has 0 aliphatic heterocycles. The molecule has 0 fully saturated rings. The number of carbonyl (C=O) groups is 1. The molecule has 94 valence electrons. The van der Waals surface area contributed by atoms with Gasteiger partial charge in [0.1, 0.15) is 0 Å². The molecule has 3 nitrogen and oxygen atoms in total. The summed E-state index contributed by atoms with van der Waals surface area (Å²) in [6.07, 6.45) is 2.00. The summed E-state index contributed by atoms with van der Waals surface area (Å²) in [5, 5.41) is 3.03. The fourth-order valence-electron chi connectivity index (χ4n) is 1.85. The van der Waals surface area contributed by atoms with Gasteiger partial charge >= 0.3 is 0 Å². The summed E-state index contributed by atoms with van der Waals surface area (Å²) in [6.45, 7) is 8.10. The minimum atomic E-state index is -0.175. The number of carbonyl (C=O) groups excluding carboxylic acids is 1. The Morgan fingerprint density at radius 3 is 2.59 bits per heavy atom. The van der Waals surface area contributed by atoms with E-state index in [4.69, 9.17) is 5.73 Å². The molecule has 1 aromatic carbocycles. The average molecular weight is 234 g/mol. The summed E-state index contributed by atoms with van der Waals surface area (Å²) in [5.41, 5.74) is 7.90. The van der Waals surface area contributed by atoms with Crippen LogP contribution in [0.3, 0.4) is 0 Å². The van der Waals surface area contributed by atoms with Crippen LogP contribution in [0.25, 0.3) is 0 Å². The summed E-state index contributed by atoms with van der Waals surface area (Å²) in [7, 11) is 0. The Kier molecular flexibility index (Phi) is 4.16. The number of nitrogens with one attached hydrogen (secondary N) is 1. The van der Waals surface area contributed by atoms with Crippen molar-refractivity contribution in [2.24, 2.45) is 0 Å². The standard InChI is InChI=1S/C14H22N2O/c1-5-8-14(3,4)16-13(17)11-7-6-10(2)12(15)9-11/h6-7,9H,5,8,15H2,1-4H3,(H,16,17). The van der Waals surface area contributed by atoms with Gasteiger partial charge in [-0.05, 0) is 44.9 Å². The first-order chi connectivity index (χ1) is 7.85. The quantitative estimate of drug-likeness (QED) is 0.787. The minimum Gasteiger partial charge on any atom is -0.398 e. The molecular formula is C14H22N2O. The molecule has 0 atom stereocenters. The van der Waals surface area contributed by atoms with Crippen molar-refractivity contribution in [1.82, 2.24) is 5.32 Å². The Balaban J connectivity index is 2.80. The molecule has 1 aromatic rings. The van der Waals surface area contributed by atoms with E-state index in [2.05, 4.69) is 12.2 Å². The van der Waals surface area contributed by atoms with E-state index >= 15 is 0 Å². The number of nitrogen functional groups attached to an aromatic ring is 1. The Morgan fingerprint density at radius 1 is 1.41 bits per heavy atom. The first-order valence-electron chi connectivity index (χ1n) is 6.04. The molecule has 17 heavy (non-hydrogen) atoms. The van der Waals surface area contributed by atoms with Crippen LogP contribution >= 0.6 is 0 Å². The maximum atomic E-state index is 12.0. The Hall–Kier alpha value is -1.51. The maximum Gasteiger partial charge on any atom is 0.251 e. The second kappa shape index (κ2) is 5.21. The molecule has 0 aliphatic carbocycles. The summed E-state index contributed by atoms with van der Waals surface area (Å²) in [5.74, 6) is -0.0600. The number of nitrogens with two attached hydrogens (primary N) is 1. The molecule has 3 N–H and O–H groups in total. The van der Waals surface area contributed by atoms with Gasteiger partial charge in [0.05, 0.1) is 0 Å². The van der Waals surface area contributed by atoms with Crippen LogP contribution in [-0.2, 0) is 0 Å². The van der Waals surface area contributed by atoms with Gasteiger partial charge in [-0.2, -0.15) is 0 Å². The highest BCUT2D eigenvalue weighted by Gasteiger charge is 2.20. The summed E-state index contributed by atoms with van der Waals surface area (Å²) in [6, 6.07) is 5.41. The zero-order chi connectivity index (χ0) is 13.1. The predicted octanol–water partition coefficient (Wildman–Crippen LogP) is 2.89. The molecule has 1 amide bonds. The van der Waals surface area contributed by atoms with Crippen molar-refractivity contribution in [2.45, 2.75) is 46.1 Å². The monoisotopic (exact) mass is 234 g/mol. The number of anilines is 1. The lowest BCUT2D eigenvalue weighted by atomic mass is 9.98. The van der Waals surface area contributed by atoms with E-state index in [0.29, 0.717) is 11.3 Å². The van der Waals surface area contributed by atoms with Gasteiger partial charge in [-0.1, -0.05) is 19.4 Å². The molecule has 0 radical (unpaired) electrons. The molecular weight excluding hydrogens is 212 g/mol. The van der Waals surface area contributed by atoms with Crippen molar-refractivity contribution >= 4 is 11.6 Å². The number of hydrogen-bond donors (Lipinski definition) is 2. The molecule has 0 aromatic heterocycles. The summed E-state index contributed by atoms with van der Waals surface area (Å²) >= 11 is 0. The largest absolute Gasteiger partial charge is 0.398 e. The third-order valence-corrected chi connectivity index (χ3v) is 2.87. The normalized spacial score (nSPS) is 11.3. The lowest BCUT2D eigenvalue weighted by Crippen LogP contribution is -2.43. The number of benzene rings is 1. The second-order valence-electron chi connectivity index (χ2n) is 5.16. The van der Waals surface area contributed by atoms with Gasteiger partial charge in [0, 0.05) is 16.8 Å². The number of rotatable bonds is 4. The molecule has 0 heterocycles. The smallest absolute Gasteiger partial charge is 0.251 e. The Labute approximate surface area is 103 Å². The first-order valence-corrected chi connectivity index (χ1v) is 6.04. The second-order valence-corrected chi connectivity index (χ2v) is 5.16. The molecule has 3 heteroatoms. The van der Waals surface area contributed by atoms with E-state index in [1.54, 1.807) is 6.07 Å². The molecule has 0 spiro atoms. The summed E-state index contributed by atoms with van der Waals surface area (Å²) < 4.78 is 0. The number of aryl methyl sites for hydroxylation is 1. The van der Waals surface area contributed by atoms with E-state index in [-0.39, 0.29) is 11.4 Å². The Bertz CT molecular complexity index is 411. The zero-order valence-corrected chi connectivity index (χ0v) is 11.1. The van der Waals surface area contributed by atoms with Gasteiger partial charge in [0.25, 0.3) is 5.91 Å². The van der Waals surface area contributed by atoms with Crippen LogP contribution in [-0.4, -0.2) is 11.4 Å². The van der Waals surface area contributed by atoms with E-state index in [0.717, 1.165) is 18.4 Å². The van der Waals surface area contributed by atoms with Crippen molar-refractivity contribution in [3.05, 3.63) is 29.3 Å². The fraction of sp³-hybridized carbons (Fsp3) is 0.500. The minimum absolute atomic E-state index is 0.0600. The van der Waals surface area contributed by atoms with Crippen molar-refractivity contribution in [3.63, 3.8) is 0 Å². The van der Waals surface area contributed by atoms with Crippen LogP contribution in [0.1, 0.15) is 49.5 Å². The van der Waals surface area contributed by atoms with Crippen molar-refractivity contribution in [3.8, 4) is 0 Å². The highest BCUT2D eigenvalue weighted by Crippen LogP contribution is 2.15. The van der Waals surface area contributed by atoms with Crippen LogP contribution in [0.15, 0.2) is 18.2 Å². The number of hydrogen-bond acceptors (Lipinski definition) is 2. The van der Waals surface area contributed by atoms with Gasteiger partial charge < -0.3 is 11.1 Å². The van der Waals surface area contributed by atoms with Crippen LogP contribution < -0.4 is 11.1 Å². The molecule has 0 unspecified atom stereocenters. The van der Waals surface area contributed by atoms with E-state index in [1.165, 1.54) is 0 Å². The molecule has 1 rings (SSSR count). The Morgan fingerprint density at radius 2 is 2.06 bits per heavy atom. The highest BCUT2D eigenvalue weighted by atomic mass is 16.1. The highest BCUT2D eigenvalue weighted by molar-refractivity contribution is 5.95. The third kappa shape index (κ3) is 3.77. The number of amides is 1. The fourth-order valence-corrected chi connectivity index (χ4v) is 1.85. The maximum absolute atomic E-state index is 12.0. The topological polar surface area (TPSA) is 55.1 Å². The van der Waals surface area contributed by atoms with E-state index in [1.807, 2.05) is 32.9 Å². The molecule has 0 aliphatic rings. The van der Waals surface area contributed by atoms with Crippen molar-refractivity contribution in [2.75, 3.05) is 5.73 Å². The van der Waals surface area contributed by atoms with Gasteiger partial charge in [0.2, 0.25) is 0 Å². The molecule has 0 saturated carbocycles. The van der Waals surface area contributed by atoms with Gasteiger partial charge in [-0.3, -0.25) is 4.79 Å². The van der Waals surface area contributed by atoms with Gasteiger partial charge in [0.15, 0.2) is 0 Å². The van der Waals surface area contributed by atoms with Crippen molar-refractivity contribution < 1.29 is 4.79 Å². The van der Waals surface area contributed by atoms with Gasteiger partial charge in [-0.15, -0.1) is 0 Å². The van der Waals surface area contributed by atoms with Gasteiger partial charge in [-0.25, -0.2) is 0 Å². The van der Waals surface area contributed by atoms with Crippen LogP contribution in [0.5, 0.6) is 0 Å². The van der Waals surface area contributed by atoms with E-state index in [9.17, 15) is 4.79 Å². The van der Waals surface area contributed by atoms with Crippen LogP contribution in [0.4, 0.5) is 5.69 Å². The van der Waals surface area contributed by atoms with Crippen LogP contribution in [0, 0.1) is 6.92 Å². The molecule has 0 saturated heterocycles. The predicted molar refractivity (Wildman–Crippen MR) is 72.0 cm³/mol. The summed E-state index contributed by atoms with van der Waals surface area (Å²) in [4.78, 5) is 12.0. The van der Waals surface area contributed by atoms with E-state index < -0.39 is 0 Å². The lowest BCUT2D eigenvalue weighted by Gasteiger charge is -2.25. The zero-order valence-electron chi connectivity index (χ0n) is 11.1. The van der Waals surface area contributed by atoms with Crippen LogP contribution in [0.2, 0.25) is 0 Å². The lowest BCUT2D eigenvalue weighted by molar-refractivity contribution is 0.0909. The van der Waals surface area contributed by atoms with Crippen molar-refractivity contribution in [1.29, 1.82) is 0 Å². The SMILES string of the molecule is CCCC(C)(C)NC(=O)c1ccc(C)c(N)c1. The third-order valence-electron chi connectivity index (χ3n) is 2.87. The molecule has 0 bridgehead atoms.